The van der Waals surface area contributed by atoms with Crippen molar-refractivity contribution in [3.63, 3.8) is 0 Å². The Balaban J connectivity index is 4.94. The molecule has 0 bridgehead atoms. The first-order valence-electron chi connectivity index (χ1n) is 3.96. The first-order valence-corrected chi connectivity index (χ1v) is 3.96. The molecule has 0 N–H and O–H groups in total. The summed E-state index contributed by atoms with van der Waals surface area (Å²) in [4.78, 5) is 10.7. The summed E-state index contributed by atoms with van der Waals surface area (Å²) in [5.41, 5.74) is 0.702. The standard InChI is InChI=1S/C11H14O2/c1-5-8-11(13-9(4)12)10(6-2)7-3/h5-8H,2-3H2,1,4H3/b8-5-. The lowest BCUT2D eigenvalue weighted by atomic mass is 10.2. The predicted molar refractivity (Wildman–Crippen MR) is 54.0 cm³/mol. The van der Waals surface area contributed by atoms with Gasteiger partial charge in [-0.25, -0.2) is 0 Å². The van der Waals surface area contributed by atoms with Crippen LogP contribution in [-0.4, -0.2) is 5.97 Å². The zero-order valence-electron chi connectivity index (χ0n) is 8.04. The minimum absolute atomic E-state index is 0.352. The van der Waals surface area contributed by atoms with Crippen LogP contribution in [0.5, 0.6) is 0 Å². The van der Waals surface area contributed by atoms with Crippen LogP contribution in [0.1, 0.15) is 13.8 Å². The van der Waals surface area contributed by atoms with E-state index in [1.807, 2.05) is 6.92 Å². The van der Waals surface area contributed by atoms with Gasteiger partial charge in [-0.3, -0.25) is 4.79 Å². The molecule has 0 aliphatic heterocycles. The van der Waals surface area contributed by atoms with E-state index in [2.05, 4.69) is 13.2 Å². The van der Waals surface area contributed by atoms with Crippen molar-refractivity contribution in [2.75, 3.05) is 0 Å². The highest BCUT2D eigenvalue weighted by Gasteiger charge is 2.01. The van der Waals surface area contributed by atoms with Gasteiger partial charge in [-0.1, -0.05) is 31.4 Å². The van der Waals surface area contributed by atoms with Crippen molar-refractivity contribution in [1.29, 1.82) is 0 Å². The summed E-state index contributed by atoms with van der Waals surface area (Å²) in [6.45, 7) is 10.4. The van der Waals surface area contributed by atoms with E-state index in [-0.39, 0.29) is 5.97 Å². The molecule has 0 aliphatic carbocycles. The van der Waals surface area contributed by atoms with Crippen LogP contribution in [-0.2, 0) is 9.53 Å². The fourth-order valence-corrected chi connectivity index (χ4v) is 0.780. The van der Waals surface area contributed by atoms with Gasteiger partial charge < -0.3 is 4.74 Å². The molecule has 0 amide bonds. The Morgan fingerprint density at radius 2 is 1.85 bits per heavy atom. The van der Waals surface area contributed by atoms with E-state index in [9.17, 15) is 4.79 Å². The van der Waals surface area contributed by atoms with E-state index in [1.165, 1.54) is 6.92 Å². The van der Waals surface area contributed by atoms with Gasteiger partial charge in [-0.15, -0.1) is 0 Å². The van der Waals surface area contributed by atoms with E-state index in [4.69, 9.17) is 4.74 Å². The highest BCUT2D eigenvalue weighted by atomic mass is 16.5. The molecule has 0 atom stereocenters. The van der Waals surface area contributed by atoms with E-state index >= 15 is 0 Å². The predicted octanol–water partition coefficient (Wildman–Crippen LogP) is 2.75. The van der Waals surface area contributed by atoms with Gasteiger partial charge in [0, 0.05) is 12.5 Å². The van der Waals surface area contributed by atoms with Crippen molar-refractivity contribution in [1.82, 2.24) is 0 Å². The lowest BCUT2D eigenvalue weighted by molar-refractivity contribution is -0.136. The largest absolute Gasteiger partial charge is 0.426 e. The van der Waals surface area contributed by atoms with Crippen LogP contribution in [0.4, 0.5) is 0 Å². The van der Waals surface area contributed by atoms with Crippen LogP contribution < -0.4 is 0 Å². The van der Waals surface area contributed by atoms with Crippen LogP contribution in [0.25, 0.3) is 0 Å². The second-order valence-corrected chi connectivity index (χ2v) is 2.32. The molecule has 0 radical (unpaired) electrons. The smallest absolute Gasteiger partial charge is 0.308 e. The first kappa shape index (κ1) is 11.4. The van der Waals surface area contributed by atoms with E-state index < -0.39 is 0 Å². The molecule has 0 aromatic carbocycles. The number of allylic oxidation sites excluding steroid dienone is 5. The number of esters is 1. The minimum atomic E-state index is -0.352. The van der Waals surface area contributed by atoms with Crippen molar-refractivity contribution in [2.45, 2.75) is 13.8 Å². The van der Waals surface area contributed by atoms with Crippen molar-refractivity contribution in [3.8, 4) is 0 Å². The Morgan fingerprint density at radius 3 is 2.15 bits per heavy atom. The number of rotatable bonds is 4. The maximum absolute atomic E-state index is 10.7. The average Bonchev–Trinajstić information content (AvgIpc) is 2.05. The minimum Gasteiger partial charge on any atom is -0.426 e. The fraction of sp³-hybridized carbons (Fsp3) is 0.182. The third-order valence-electron chi connectivity index (χ3n) is 1.30. The zero-order chi connectivity index (χ0) is 10.3. The molecule has 0 aliphatic rings. The normalized spacial score (nSPS) is 9.38. The van der Waals surface area contributed by atoms with Gasteiger partial charge in [0.15, 0.2) is 0 Å². The van der Waals surface area contributed by atoms with Crippen LogP contribution in [0.2, 0.25) is 0 Å². The maximum Gasteiger partial charge on any atom is 0.308 e. The van der Waals surface area contributed by atoms with E-state index in [0.29, 0.717) is 11.3 Å². The van der Waals surface area contributed by atoms with Gasteiger partial charge >= 0.3 is 5.97 Å². The van der Waals surface area contributed by atoms with Gasteiger partial charge in [-0.05, 0) is 13.0 Å². The molecular weight excluding hydrogens is 164 g/mol. The van der Waals surface area contributed by atoms with Gasteiger partial charge in [0.05, 0.1) is 0 Å². The molecule has 0 saturated carbocycles. The van der Waals surface area contributed by atoms with Gasteiger partial charge in [0.2, 0.25) is 0 Å². The number of carbonyl (C=O) groups is 1. The molecule has 2 heteroatoms. The van der Waals surface area contributed by atoms with E-state index in [1.54, 1.807) is 24.3 Å². The molecule has 0 saturated heterocycles. The lowest BCUT2D eigenvalue weighted by Gasteiger charge is -2.04. The van der Waals surface area contributed by atoms with Crippen LogP contribution >= 0.6 is 0 Å². The summed E-state index contributed by atoms with van der Waals surface area (Å²) in [5, 5.41) is 0. The van der Waals surface area contributed by atoms with Crippen molar-refractivity contribution < 1.29 is 9.53 Å². The fourth-order valence-electron chi connectivity index (χ4n) is 0.780. The monoisotopic (exact) mass is 178 g/mol. The lowest BCUT2D eigenvalue weighted by Crippen LogP contribution is -1.98. The molecule has 0 rings (SSSR count). The molecule has 0 aromatic heterocycles. The second-order valence-electron chi connectivity index (χ2n) is 2.32. The van der Waals surface area contributed by atoms with Crippen LogP contribution in [0.15, 0.2) is 48.8 Å². The molecule has 0 aromatic rings. The summed E-state index contributed by atoms with van der Waals surface area (Å²) in [6, 6.07) is 0. The molecule has 0 unspecified atom stereocenters. The molecular formula is C11H14O2. The molecule has 13 heavy (non-hydrogen) atoms. The van der Waals surface area contributed by atoms with E-state index in [0.717, 1.165) is 0 Å². The van der Waals surface area contributed by atoms with Crippen molar-refractivity contribution in [2.24, 2.45) is 0 Å². The summed E-state index contributed by atoms with van der Waals surface area (Å²) < 4.78 is 4.95. The highest BCUT2D eigenvalue weighted by Crippen LogP contribution is 2.10. The Labute approximate surface area is 78.9 Å². The van der Waals surface area contributed by atoms with Crippen LogP contribution in [0, 0.1) is 0 Å². The SMILES string of the molecule is C=CC(C=C)=C(/C=C\C)OC(C)=O. The summed E-state index contributed by atoms with van der Waals surface area (Å²) in [6.07, 6.45) is 6.65. The Kier molecular flexibility index (Phi) is 5.28. The Hall–Kier alpha value is -1.57. The molecule has 0 fully saturated rings. The molecule has 2 nitrogen and oxygen atoms in total. The summed E-state index contributed by atoms with van der Waals surface area (Å²) in [7, 11) is 0. The third kappa shape index (κ3) is 4.11. The third-order valence-corrected chi connectivity index (χ3v) is 1.30. The molecule has 0 spiro atoms. The zero-order valence-corrected chi connectivity index (χ0v) is 8.04. The number of hydrogen-bond donors (Lipinski definition) is 0. The first-order chi connectivity index (χ1) is 6.15. The van der Waals surface area contributed by atoms with Crippen molar-refractivity contribution >= 4 is 5.97 Å². The van der Waals surface area contributed by atoms with Crippen molar-refractivity contribution in [3.05, 3.63) is 48.8 Å². The van der Waals surface area contributed by atoms with Gasteiger partial charge in [0.25, 0.3) is 0 Å². The quantitative estimate of drug-likeness (QED) is 0.376. The van der Waals surface area contributed by atoms with Gasteiger partial charge in [0.1, 0.15) is 5.76 Å². The van der Waals surface area contributed by atoms with Crippen LogP contribution in [0.3, 0.4) is 0 Å². The molecule has 0 heterocycles. The summed E-state index contributed by atoms with van der Waals surface area (Å²) in [5.74, 6) is 0.120. The average molecular weight is 178 g/mol. The molecule has 70 valence electrons. The highest BCUT2D eigenvalue weighted by molar-refractivity contribution is 5.68. The topological polar surface area (TPSA) is 26.3 Å². The summed E-state index contributed by atoms with van der Waals surface area (Å²) >= 11 is 0. The Bertz CT molecular complexity index is 260. The maximum atomic E-state index is 10.7. The second kappa shape index (κ2) is 6.00. The number of carbonyl (C=O) groups excluding carboxylic acids is 1. The Morgan fingerprint density at radius 1 is 1.31 bits per heavy atom. The van der Waals surface area contributed by atoms with Gasteiger partial charge in [-0.2, -0.15) is 0 Å². The number of ether oxygens (including phenoxy) is 1. The number of hydrogen-bond acceptors (Lipinski definition) is 2.